The lowest BCUT2D eigenvalue weighted by Crippen LogP contribution is -2.44. The summed E-state index contributed by atoms with van der Waals surface area (Å²) in [6, 6.07) is 16.6. The summed E-state index contributed by atoms with van der Waals surface area (Å²) >= 11 is 10.9. The van der Waals surface area contributed by atoms with E-state index in [1.165, 1.54) is 0 Å². The second-order valence-electron chi connectivity index (χ2n) is 4.30. The van der Waals surface area contributed by atoms with E-state index >= 15 is 0 Å². The molecule has 0 aliphatic heterocycles. The van der Waals surface area contributed by atoms with Crippen LogP contribution in [0.25, 0.3) is 0 Å². The molecule has 0 fully saturated rings. The molecule has 0 atom stereocenters. The van der Waals surface area contributed by atoms with Gasteiger partial charge in [-0.3, -0.25) is 15.6 Å². The maximum atomic E-state index is 11.8. The molecule has 1 amide bonds. The van der Waals surface area contributed by atoms with Gasteiger partial charge in [0.15, 0.2) is 5.11 Å². The van der Waals surface area contributed by atoms with E-state index in [0.717, 1.165) is 11.3 Å². The third-order valence-corrected chi connectivity index (χ3v) is 3.08. The number of anilines is 1. The third kappa shape index (κ3) is 5.41. The lowest BCUT2D eigenvalue weighted by Gasteiger charge is -2.11. The first kappa shape index (κ1) is 15.3. The van der Waals surface area contributed by atoms with Crippen LogP contribution in [-0.2, 0) is 11.2 Å². The van der Waals surface area contributed by atoms with E-state index in [1.807, 2.05) is 42.5 Å². The molecule has 0 spiro atoms. The molecule has 6 heteroatoms. The van der Waals surface area contributed by atoms with E-state index in [4.69, 9.17) is 23.8 Å². The molecule has 2 rings (SSSR count). The fourth-order valence-electron chi connectivity index (χ4n) is 1.64. The minimum atomic E-state index is -0.186. The van der Waals surface area contributed by atoms with Gasteiger partial charge in [0, 0.05) is 10.7 Å². The van der Waals surface area contributed by atoms with Crippen molar-refractivity contribution in [2.24, 2.45) is 0 Å². The van der Waals surface area contributed by atoms with Gasteiger partial charge < -0.3 is 5.32 Å². The van der Waals surface area contributed by atoms with Crippen LogP contribution in [0.4, 0.5) is 5.69 Å². The Balaban J connectivity index is 1.76. The second-order valence-corrected chi connectivity index (χ2v) is 5.14. The molecule has 2 aromatic carbocycles. The molecule has 0 saturated heterocycles. The number of hydrazine groups is 1. The zero-order valence-corrected chi connectivity index (χ0v) is 12.7. The molecule has 0 aliphatic carbocycles. The monoisotopic (exact) mass is 319 g/mol. The number of benzene rings is 2. The summed E-state index contributed by atoms with van der Waals surface area (Å²) in [4.78, 5) is 11.8. The smallest absolute Gasteiger partial charge is 0.242 e. The zero-order chi connectivity index (χ0) is 15.1. The Labute approximate surface area is 133 Å². The van der Waals surface area contributed by atoms with E-state index < -0.39 is 0 Å². The summed E-state index contributed by atoms with van der Waals surface area (Å²) in [5.41, 5.74) is 6.92. The number of carbonyl (C=O) groups excluding carboxylic acids is 1. The molecular formula is C15H14ClN3OS. The number of halogens is 1. The van der Waals surface area contributed by atoms with Crippen molar-refractivity contribution < 1.29 is 4.79 Å². The molecule has 0 radical (unpaired) electrons. The van der Waals surface area contributed by atoms with Gasteiger partial charge in [0.25, 0.3) is 0 Å². The summed E-state index contributed by atoms with van der Waals surface area (Å²) in [6.07, 6.45) is 0.248. The second kappa shape index (κ2) is 7.61. The van der Waals surface area contributed by atoms with Gasteiger partial charge in [0.05, 0.1) is 6.42 Å². The maximum Gasteiger partial charge on any atom is 0.242 e. The van der Waals surface area contributed by atoms with Crippen LogP contribution in [0.5, 0.6) is 0 Å². The number of thiocarbonyl (C=S) groups is 1. The molecule has 21 heavy (non-hydrogen) atoms. The van der Waals surface area contributed by atoms with Crippen LogP contribution in [0.15, 0.2) is 54.6 Å². The van der Waals surface area contributed by atoms with Crippen molar-refractivity contribution >= 4 is 40.5 Å². The van der Waals surface area contributed by atoms with E-state index in [9.17, 15) is 4.79 Å². The molecular weight excluding hydrogens is 306 g/mol. The lowest BCUT2D eigenvalue weighted by atomic mass is 10.1. The van der Waals surface area contributed by atoms with Gasteiger partial charge in [0.1, 0.15) is 0 Å². The highest BCUT2D eigenvalue weighted by Crippen LogP contribution is 2.09. The molecule has 108 valence electrons. The van der Waals surface area contributed by atoms with Gasteiger partial charge in [-0.2, -0.15) is 0 Å². The summed E-state index contributed by atoms with van der Waals surface area (Å²) in [5, 5.41) is 3.93. The van der Waals surface area contributed by atoms with Gasteiger partial charge in [-0.15, -0.1) is 0 Å². The van der Waals surface area contributed by atoms with Crippen molar-refractivity contribution in [1.29, 1.82) is 0 Å². The van der Waals surface area contributed by atoms with Crippen LogP contribution < -0.4 is 16.2 Å². The third-order valence-electron chi connectivity index (χ3n) is 2.63. The summed E-state index contributed by atoms with van der Waals surface area (Å²) in [5.74, 6) is -0.186. The van der Waals surface area contributed by atoms with Crippen LogP contribution in [0.1, 0.15) is 5.56 Å². The van der Waals surface area contributed by atoms with Crippen molar-refractivity contribution in [3.63, 3.8) is 0 Å². The standard InChI is InChI=1S/C15H14ClN3OS/c16-12-8-6-11(7-9-12)10-14(20)18-19-15(21)17-13-4-2-1-3-5-13/h1-9H,10H2,(H,18,20)(H2,17,19,21). The summed E-state index contributed by atoms with van der Waals surface area (Å²) in [6.45, 7) is 0. The highest BCUT2D eigenvalue weighted by molar-refractivity contribution is 7.80. The quantitative estimate of drug-likeness (QED) is 0.601. The highest BCUT2D eigenvalue weighted by atomic mass is 35.5. The number of carbonyl (C=O) groups is 1. The largest absolute Gasteiger partial charge is 0.331 e. The molecule has 4 nitrogen and oxygen atoms in total. The fraction of sp³-hybridized carbons (Fsp3) is 0.0667. The van der Waals surface area contributed by atoms with Gasteiger partial charge in [-0.05, 0) is 42.0 Å². The van der Waals surface area contributed by atoms with Crippen LogP contribution in [0, 0.1) is 0 Å². The predicted molar refractivity (Wildman–Crippen MR) is 89.1 cm³/mol. The Morgan fingerprint density at radius 2 is 1.67 bits per heavy atom. The topological polar surface area (TPSA) is 53.2 Å². The summed E-state index contributed by atoms with van der Waals surface area (Å²) in [7, 11) is 0. The minimum absolute atomic E-state index is 0.186. The number of rotatable bonds is 3. The number of para-hydroxylation sites is 1. The van der Waals surface area contributed by atoms with E-state index in [0.29, 0.717) is 10.1 Å². The molecule has 0 aliphatic rings. The van der Waals surface area contributed by atoms with Gasteiger partial charge in [-0.25, -0.2) is 0 Å². The number of hydrogen-bond donors (Lipinski definition) is 3. The number of hydrogen-bond acceptors (Lipinski definition) is 2. The fourth-order valence-corrected chi connectivity index (χ4v) is 1.94. The van der Waals surface area contributed by atoms with Crippen molar-refractivity contribution in [2.75, 3.05) is 5.32 Å². The average molecular weight is 320 g/mol. The SMILES string of the molecule is O=C(Cc1ccc(Cl)cc1)NNC(=S)Nc1ccccc1. The highest BCUT2D eigenvalue weighted by Gasteiger charge is 2.04. The first-order valence-electron chi connectivity index (χ1n) is 6.29. The van der Waals surface area contributed by atoms with E-state index in [2.05, 4.69) is 16.2 Å². The molecule has 0 aromatic heterocycles. The van der Waals surface area contributed by atoms with Crippen molar-refractivity contribution in [2.45, 2.75) is 6.42 Å². The molecule has 0 bridgehead atoms. The average Bonchev–Trinajstić information content (AvgIpc) is 2.49. The molecule has 3 N–H and O–H groups in total. The number of amides is 1. The van der Waals surface area contributed by atoms with Gasteiger partial charge in [0.2, 0.25) is 5.91 Å². The first-order chi connectivity index (χ1) is 10.1. The van der Waals surface area contributed by atoms with Crippen molar-refractivity contribution in [3.8, 4) is 0 Å². The van der Waals surface area contributed by atoms with E-state index in [-0.39, 0.29) is 12.3 Å². The first-order valence-corrected chi connectivity index (χ1v) is 7.07. The van der Waals surface area contributed by atoms with E-state index in [1.54, 1.807) is 12.1 Å². The molecule has 2 aromatic rings. The Morgan fingerprint density at radius 1 is 1.00 bits per heavy atom. The van der Waals surface area contributed by atoms with Gasteiger partial charge in [-0.1, -0.05) is 41.9 Å². The maximum absolute atomic E-state index is 11.8. The lowest BCUT2D eigenvalue weighted by molar-refractivity contribution is -0.120. The van der Waals surface area contributed by atoms with Crippen molar-refractivity contribution in [3.05, 3.63) is 65.2 Å². The van der Waals surface area contributed by atoms with Crippen LogP contribution >= 0.6 is 23.8 Å². The molecule has 0 saturated carbocycles. The zero-order valence-electron chi connectivity index (χ0n) is 11.1. The van der Waals surface area contributed by atoms with Crippen LogP contribution in [-0.4, -0.2) is 11.0 Å². The molecule has 0 heterocycles. The Morgan fingerprint density at radius 3 is 2.33 bits per heavy atom. The Kier molecular flexibility index (Phi) is 5.54. The van der Waals surface area contributed by atoms with Crippen LogP contribution in [0.2, 0.25) is 5.02 Å². The number of nitrogens with one attached hydrogen (secondary N) is 3. The predicted octanol–water partition coefficient (Wildman–Crippen LogP) is 2.90. The minimum Gasteiger partial charge on any atom is -0.331 e. The summed E-state index contributed by atoms with van der Waals surface area (Å²) < 4.78 is 0. The Bertz CT molecular complexity index is 617. The van der Waals surface area contributed by atoms with Gasteiger partial charge >= 0.3 is 0 Å². The van der Waals surface area contributed by atoms with Crippen molar-refractivity contribution in [1.82, 2.24) is 10.9 Å². The molecule has 0 unspecified atom stereocenters. The van der Waals surface area contributed by atoms with Crippen LogP contribution in [0.3, 0.4) is 0 Å². The Hall–Kier alpha value is -2.11. The normalized spacial score (nSPS) is 9.76.